The van der Waals surface area contributed by atoms with Gasteiger partial charge in [-0.1, -0.05) is 12.1 Å². The average molecular weight is 280 g/mol. The van der Waals surface area contributed by atoms with E-state index in [4.69, 9.17) is 5.73 Å². The summed E-state index contributed by atoms with van der Waals surface area (Å²) in [4.78, 5) is 13.8. The van der Waals surface area contributed by atoms with Gasteiger partial charge < -0.3 is 15.7 Å². The normalized spacial score (nSPS) is 22.9. The lowest BCUT2D eigenvalue weighted by molar-refractivity contribution is -0.138. The molecule has 0 saturated carbocycles. The lowest BCUT2D eigenvalue weighted by atomic mass is 9.92. The van der Waals surface area contributed by atoms with Crippen molar-refractivity contribution < 1.29 is 14.3 Å². The molecule has 110 valence electrons. The largest absolute Gasteiger partial charge is 0.391 e. The van der Waals surface area contributed by atoms with Crippen molar-refractivity contribution in [1.82, 2.24) is 4.90 Å². The number of nitrogens with zero attached hydrogens (tertiary/aromatic N) is 1. The zero-order chi connectivity index (χ0) is 14.5. The van der Waals surface area contributed by atoms with Gasteiger partial charge in [0.25, 0.3) is 0 Å². The summed E-state index contributed by atoms with van der Waals surface area (Å²) in [5, 5.41) is 10.2. The monoisotopic (exact) mass is 280 g/mol. The maximum atomic E-state index is 12.9. The van der Waals surface area contributed by atoms with Gasteiger partial charge in [0.2, 0.25) is 5.91 Å². The molecule has 1 aliphatic heterocycles. The fraction of sp³-hybridized carbons (Fsp3) is 0.533. The second kappa shape index (κ2) is 6.81. The Hall–Kier alpha value is -1.46. The van der Waals surface area contributed by atoms with Gasteiger partial charge in [0.15, 0.2) is 0 Å². The van der Waals surface area contributed by atoms with Crippen molar-refractivity contribution in [3.8, 4) is 0 Å². The van der Waals surface area contributed by atoms with Crippen LogP contribution in [0.4, 0.5) is 4.39 Å². The van der Waals surface area contributed by atoms with Gasteiger partial charge in [-0.3, -0.25) is 4.79 Å². The number of benzene rings is 1. The Kier molecular flexibility index (Phi) is 5.09. The van der Waals surface area contributed by atoms with E-state index in [1.54, 1.807) is 17.0 Å². The molecular weight excluding hydrogens is 259 g/mol. The van der Waals surface area contributed by atoms with Crippen molar-refractivity contribution in [2.75, 3.05) is 13.1 Å². The number of aliphatic hydroxyl groups excluding tert-OH is 1. The minimum absolute atomic E-state index is 0.0154. The molecular formula is C15H21FN2O2. The number of rotatable bonds is 4. The van der Waals surface area contributed by atoms with Crippen molar-refractivity contribution in [3.63, 3.8) is 0 Å². The Morgan fingerprint density at radius 3 is 2.75 bits per heavy atom. The van der Waals surface area contributed by atoms with Crippen LogP contribution in [0.5, 0.6) is 0 Å². The zero-order valence-corrected chi connectivity index (χ0v) is 11.5. The first-order valence-corrected chi connectivity index (χ1v) is 7.04. The topological polar surface area (TPSA) is 66.6 Å². The van der Waals surface area contributed by atoms with Crippen molar-refractivity contribution in [3.05, 3.63) is 35.6 Å². The number of carbonyl (C=O) groups excluding carboxylic acids is 1. The van der Waals surface area contributed by atoms with E-state index < -0.39 is 6.10 Å². The number of likely N-dealkylation sites (tertiary alicyclic amines) is 1. The Morgan fingerprint density at radius 2 is 2.10 bits per heavy atom. The van der Waals surface area contributed by atoms with E-state index >= 15 is 0 Å². The van der Waals surface area contributed by atoms with Crippen LogP contribution in [0.2, 0.25) is 0 Å². The first-order chi connectivity index (χ1) is 9.61. The SMILES string of the molecule is NCCC(=O)N1CCC[C@H](O)[C@@H]1Cc1ccc(F)cc1. The Morgan fingerprint density at radius 1 is 1.40 bits per heavy atom. The van der Waals surface area contributed by atoms with E-state index in [-0.39, 0.29) is 17.8 Å². The number of amides is 1. The van der Waals surface area contributed by atoms with Crippen LogP contribution in [-0.4, -0.2) is 41.1 Å². The van der Waals surface area contributed by atoms with Crippen LogP contribution in [0.1, 0.15) is 24.8 Å². The second-order valence-corrected chi connectivity index (χ2v) is 5.23. The van der Waals surface area contributed by atoms with Gasteiger partial charge in [0, 0.05) is 19.5 Å². The van der Waals surface area contributed by atoms with Gasteiger partial charge in [-0.15, -0.1) is 0 Å². The molecule has 5 heteroatoms. The fourth-order valence-electron chi connectivity index (χ4n) is 2.72. The molecule has 0 unspecified atom stereocenters. The van der Waals surface area contributed by atoms with E-state index in [9.17, 15) is 14.3 Å². The standard InChI is InChI=1S/C15H21FN2O2/c16-12-5-3-11(4-6-12)10-13-14(19)2-1-9-18(13)15(20)7-8-17/h3-6,13-14,19H,1-2,7-10,17H2/t13-,14-/m0/s1. The molecule has 0 spiro atoms. The molecule has 0 radical (unpaired) electrons. The number of halogens is 1. The number of nitrogens with two attached hydrogens (primary N) is 1. The third kappa shape index (κ3) is 3.55. The van der Waals surface area contributed by atoms with Crippen LogP contribution in [0.25, 0.3) is 0 Å². The van der Waals surface area contributed by atoms with Gasteiger partial charge in [0.1, 0.15) is 5.82 Å². The number of hydrogen-bond donors (Lipinski definition) is 2. The Bertz CT molecular complexity index is 450. The third-order valence-electron chi connectivity index (χ3n) is 3.78. The molecule has 4 nitrogen and oxygen atoms in total. The summed E-state index contributed by atoms with van der Waals surface area (Å²) in [6.07, 6.45) is 1.80. The summed E-state index contributed by atoms with van der Waals surface area (Å²) in [5.74, 6) is -0.299. The Balaban J connectivity index is 2.11. The number of aliphatic hydroxyl groups is 1. The van der Waals surface area contributed by atoms with Crippen LogP contribution >= 0.6 is 0 Å². The van der Waals surface area contributed by atoms with Gasteiger partial charge in [-0.2, -0.15) is 0 Å². The van der Waals surface area contributed by atoms with Gasteiger partial charge >= 0.3 is 0 Å². The predicted molar refractivity (Wildman–Crippen MR) is 74.5 cm³/mol. The number of piperidine rings is 1. The molecule has 1 aromatic rings. The highest BCUT2D eigenvalue weighted by molar-refractivity contribution is 5.77. The Labute approximate surface area is 118 Å². The first kappa shape index (κ1) is 14.9. The summed E-state index contributed by atoms with van der Waals surface area (Å²) in [6, 6.07) is 5.95. The second-order valence-electron chi connectivity index (χ2n) is 5.23. The average Bonchev–Trinajstić information content (AvgIpc) is 2.43. The molecule has 3 N–H and O–H groups in total. The minimum Gasteiger partial charge on any atom is -0.391 e. The highest BCUT2D eigenvalue weighted by Gasteiger charge is 2.32. The molecule has 0 aromatic heterocycles. The fourth-order valence-corrected chi connectivity index (χ4v) is 2.72. The number of carbonyl (C=O) groups is 1. The third-order valence-corrected chi connectivity index (χ3v) is 3.78. The summed E-state index contributed by atoms with van der Waals surface area (Å²) >= 11 is 0. The maximum absolute atomic E-state index is 12.9. The van der Waals surface area contributed by atoms with E-state index in [1.165, 1.54) is 12.1 Å². The molecule has 20 heavy (non-hydrogen) atoms. The van der Waals surface area contributed by atoms with Crippen molar-refractivity contribution in [2.24, 2.45) is 5.73 Å². The lowest BCUT2D eigenvalue weighted by Crippen LogP contribution is -2.52. The highest BCUT2D eigenvalue weighted by atomic mass is 19.1. The molecule has 1 saturated heterocycles. The predicted octanol–water partition coefficient (Wildman–Crippen LogP) is 1.07. The van der Waals surface area contributed by atoms with Crippen LogP contribution in [0, 0.1) is 5.82 Å². The highest BCUT2D eigenvalue weighted by Crippen LogP contribution is 2.22. The molecule has 1 aliphatic rings. The van der Waals surface area contributed by atoms with Gasteiger partial charge in [-0.25, -0.2) is 4.39 Å². The summed E-state index contributed by atoms with van der Waals surface area (Å²) in [5.41, 5.74) is 6.35. The van der Waals surface area contributed by atoms with E-state index in [1.807, 2.05) is 0 Å². The van der Waals surface area contributed by atoms with Crippen LogP contribution < -0.4 is 5.73 Å². The molecule has 1 heterocycles. The van der Waals surface area contributed by atoms with Crippen LogP contribution in [0.3, 0.4) is 0 Å². The van der Waals surface area contributed by atoms with Gasteiger partial charge in [0.05, 0.1) is 12.1 Å². The van der Waals surface area contributed by atoms with Gasteiger partial charge in [-0.05, 0) is 37.0 Å². The molecule has 2 atom stereocenters. The van der Waals surface area contributed by atoms with E-state index in [0.29, 0.717) is 32.4 Å². The molecule has 0 bridgehead atoms. The van der Waals surface area contributed by atoms with Crippen molar-refractivity contribution in [1.29, 1.82) is 0 Å². The molecule has 1 amide bonds. The summed E-state index contributed by atoms with van der Waals surface area (Å²) in [7, 11) is 0. The summed E-state index contributed by atoms with van der Waals surface area (Å²) in [6.45, 7) is 0.969. The van der Waals surface area contributed by atoms with Crippen molar-refractivity contribution >= 4 is 5.91 Å². The smallest absolute Gasteiger partial charge is 0.224 e. The van der Waals surface area contributed by atoms with Crippen molar-refractivity contribution in [2.45, 2.75) is 37.8 Å². The molecule has 1 aromatic carbocycles. The zero-order valence-electron chi connectivity index (χ0n) is 11.5. The lowest BCUT2D eigenvalue weighted by Gasteiger charge is -2.39. The van der Waals surface area contributed by atoms with Crippen LogP contribution in [0.15, 0.2) is 24.3 Å². The molecule has 1 fully saturated rings. The summed E-state index contributed by atoms with van der Waals surface area (Å²) < 4.78 is 12.9. The first-order valence-electron chi connectivity index (χ1n) is 7.04. The van der Waals surface area contributed by atoms with E-state index in [0.717, 1.165) is 12.0 Å². The van der Waals surface area contributed by atoms with Crippen LogP contribution in [-0.2, 0) is 11.2 Å². The minimum atomic E-state index is -0.532. The number of hydrogen-bond acceptors (Lipinski definition) is 3. The molecule has 2 rings (SSSR count). The molecule has 0 aliphatic carbocycles. The quantitative estimate of drug-likeness (QED) is 0.867. The van der Waals surface area contributed by atoms with E-state index in [2.05, 4.69) is 0 Å². The maximum Gasteiger partial charge on any atom is 0.224 e.